The number of aromatic hydroxyl groups is 4. The van der Waals surface area contributed by atoms with E-state index in [9.17, 15) is 30.6 Å². The van der Waals surface area contributed by atoms with Gasteiger partial charge in [0.1, 0.15) is 29.8 Å². The maximum absolute atomic E-state index is 10.5. The molecule has 4 aromatic carbocycles. The van der Waals surface area contributed by atoms with Gasteiger partial charge in [0, 0.05) is 16.5 Å². The van der Waals surface area contributed by atoms with Crippen molar-refractivity contribution in [3.63, 3.8) is 0 Å². The highest BCUT2D eigenvalue weighted by molar-refractivity contribution is 5.52. The van der Waals surface area contributed by atoms with Gasteiger partial charge in [-0.1, -0.05) is 187 Å². The van der Waals surface area contributed by atoms with Crippen LogP contribution in [-0.2, 0) is 22.7 Å². The molecule has 2 heterocycles. The molecule has 0 aromatic heterocycles. The standard InChI is InChI=1S/C40H40O10.21CH4/c1-21-36(24-6-10-32(45)34(16-24)47-2)50-39(25-7-11-33(46)35(17-25)48-3)40(21)13-12-28-29(18-40)38(23-5-9-31(44)27(15-23)20-42)49-37(28)22-4-8-30(43)26(14-22)19-41;;;;;;;;;;;;;;;;;;;;;/h4-11,14-17,36-39,41-46H,1,12-13,18-20H2,2-3H3;21*1H4/t36-,37-,38+,39-,40+;;;;;;;;;;;;;;;;;;;;;/m0...................../s1. The molecule has 0 bridgehead atoms. The quantitative estimate of drug-likeness (QED) is 0.0939. The lowest BCUT2D eigenvalue weighted by atomic mass is 9.62. The van der Waals surface area contributed by atoms with E-state index < -0.39 is 29.8 Å². The lowest BCUT2D eigenvalue weighted by Gasteiger charge is -2.40. The van der Waals surface area contributed by atoms with Crippen molar-refractivity contribution in [2.45, 2.75) is 213 Å². The Morgan fingerprint density at radius 3 is 1.18 bits per heavy atom. The summed E-state index contributed by atoms with van der Waals surface area (Å²) in [5, 5.41) is 61.5. The van der Waals surface area contributed by atoms with E-state index in [2.05, 4.69) is 6.58 Å². The molecule has 1 fully saturated rings. The highest BCUT2D eigenvalue weighted by Crippen LogP contribution is 2.67. The van der Waals surface area contributed by atoms with Gasteiger partial charge in [0.05, 0.1) is 33.5 Å². The van der Waals surface area contributed by atoms with Crippen LogP contribution in [0.5, 0.6) is 34.5 Å². The number of phenolic OH excluding ortho intramolecular Hbond substituents is 2. The summed E-state index contributed by atoms with van der Waals surface area (Å²) in [4.78, 5) is 0. The zero-order valence-corrected chi connectivity index (χ0v) is 27.8. The van der Waals surface area contributed by atoms with Crippen LogP contribution >= 0.6 is 0 Å². The van der Waals surface area contributed by atoms with Crippen molar-refractivity contribution < 1.29 is 49.6 Å². The Balaban J connectivity index is -0.000000115. The minimum atomic E-state index is -0.658. The first kappa shape index (κ1) is 107. The fourth-order valence-corrected chi connectivity index (χ4v) is 7.94. The van der Waals surface area contributed by atoms with Crippen LogP contribution in [0.3, 0.4) is 0 Å². The van der Waals surface area contributed by atoms with E-state index in [-0.39, 0.29) is 192 Å². The van der Waals surface area contributed by atoms with Gasteiger partial charge in [-0.05, 0) is 107 Å². The van der Waals surface area contributed by atoms with Gasteiger partial charge in [0.25, 0.3) is 0 Å². The fourth-order valence-electron chi connectivity index (χ4n) is 7.94. The second kappa shape index (κ2) is 42.7. The summed E-state index contributed by atoms with van der Waals surface area (Å²) in [5.74, 6) is 0.618. The molecule has 428 valence electrons. The molecule has 5 atom stereocenters. The van der Waals surface area contributed by atoms with E-state index in [0.29, 0.717) is 41.9 Å². The Bertz CT molecular complexity index is 2010. The van der Waals surface area contributed by atoms with Crippen LogP contribution in [0.4, 0.5) is 0 Å². The first-order valence-corrected chi connectivity index (χ1v) is 16.4. The van der Waals surface area contributed by atoms with E-state index in [1.165, 1.54) is 14.2 Å². The Labute approximate surface area is 444 Å². The minimum absolute atomic E-state index is 0. The van der Waals surface area contributed by atoms with Gasteiger partial charge in [0.15, 0.2) is 23.0 Å². The summed E-state index contributed by atoms with van der Waals surface area (Å²) in [7, 11) is 2.99. The largest absolute Gasteiger partial charge is 0.508 e. The van der Waals surface area contributed by atoms with Crippen molar-refractivity contribution in [2.24, 2.45) is 5.41 Å². The number of hydrogen-bond donors (Lipinski definition) is 6. The molecule has 3 aliphatic rings. The minimum Gasteiger partial charge on any atom is -0.508 e. The van der Waals surface area contributed by atoms with Crippen molar-refractivity contribution in [2.75, 3.05) is 14.2 Å². The summed E-state index contributed by atoms with van der Waals surface area (Å²) in [6.45, 7) is 3.99. The van der Waals surface area contributed by atoms with Gasteiger partial charge in [-0.15, -0.1) is 0 Å². The SMILES string of the molecule is C.C.C.C.C.C.C.C.C.C.C.C.C.C.C.C.C.C.C.C.C.C=C1[C@@H](c2ccc(O)c(OC)c2)O[C@@H](c2ccc(O)c(OC)c2)[C@@]12CCC1=C(C2)[C@@H](c2ccc(O)c(CO)c2)O[C@H]1c1ccc(O)c(CO)c1. The molecule has 2 aliphatic heterocycles. The highest BCUT2D eigenvalue weighted by Gasteiger charge is 2.56. The molecular weight excluding hydrogens is 893 g/mol. The Morgan fingerprint density at radius 1 is 0.465 bits per heavy atom. The lowest BCUT2D eigenvalue weighted by Crippen LogP contribution is -2.31. The van der Waals surface area contributed by atoms with E-state index in [4.69, 9.17) is 18.9 Å². The van der Waals surface area contributed by atoms with E-state index >= 15 is 0 Å². The maximum Gasteiger partial charge on any atom is 0.160 e. The average Bonchev–Trinajstić information content (AvgIpc) is 3.64. The number of phenols is 4. The topological polar surface area (TPSA) is 158 Å². The molecule has 1 saturated heterocycles. The third-order valence-corrected chi connectivity index (χ3v) is 10.6. The van der Waals surface area contributed by atoms with Gasteiger partial charge in [0.2, 0.25) is 0 Å². The zero-order valence-electron chi connectivity index (χ0n) is 27.8. The molecule has 4 aromatic rings. The number of rotatable bonds is 8. The van der Waals surface area contributed by atoms with Gasteiger partial charge >= 0.3 is 0 Å². The van der Waals surface area contributed by atoms with Crippen LogP contribution in [-0.4, -0.2) is 44.9 Å². The fraction of sp³-hybridized carbons (Fsp3) is 0.541. The molecule has 0 saturated carbocycles. The summed E-state index contributed by atoms with van der Waals surface area (Å²) in [6.07, 6.45) is -0.389. The molecule has 0 radical (unpaired) electrons. The van der Waals surface area contributed by atoms with Crippen LogP contribution in [0.25, 0.3) is 0 Å². The van der Waals surface area contributed by atoms with Crippen LogP contribution < -0.4 is 9.47 Å². The molecule has 1 spiro atoms. The smallest absolute Gasteiger partial charge is 0.160 e. The monoisotopic (exact) mass is 1020 g/mol. The van der Waals surface area contributed by atoms with Gasteiger partial charge < -0.3 is 49.6 Å². The van der Waals surface area contributed by atoms with Crippen LogP contribution in [0.2, 0.25) is 0 Å². The highest BCUT2D eigenvalue weighted by atomic mass is 16.5. The Kier molecular flexibility index (Phi) is 64.4. The van der Waals surface area contributed by atoms with E-state index in [0.717, 1.165) is 39.0 Å². The van der Waals surface area contributed by atoms with Crippen LogP contribution in [0, 0.1) is 5.41 Å². The lowest BCUT2D eigenvalue weighted by molar-refractivity contribution is 0.00312. The molecule has 0 amide bonds. The number of aliphatic hydroxyl groups excluding tert-OH is 2. The second-order valence-corrected chi connectivity index (χ2v) is 13.2. The zero-order chi connectivity index (χ0) is 35.3. The Morgan fingerprint density at radius 2 is 0.803 bits per heavy atom. The number of methoxy groups -OCH3 is 2. The van der Waals surface area contributed by atoms with Crippen molar-refractivity contribution in [1.29, 1.82) is 0 Å². The van der Waals surface area contributed by atoms with Crippen molar-refractivity contribution in [1.82, 2.24) is 0 Å². The summed E-state index contributed by atoms with van der Waals surface area (Å²) >= 11 is 0. The number of hydrogen-bond acceptors (Lipinski definition) is 10. The molecule has 6 N–H and O–H groups in total. The average molecular weight is 1020 g/mol. The maximum atomic E-state index is 10.5. The van der Waals surface area contributed by atoms with Gasteiger partial charge in [-0.3, -0.25) is 0 Å². The predicted octanol–water partition coefficient (Wildman–Crippen LogP) is 20.2. The second-order valence-electron chi connectivity index (χ2n) is 13.2. The number of ether oxygens (including phenoxy) is 4. The molecule has 1 aliphatic carbocycles. The van der Waals surface area contributed by atoms with E-state index in [1.54, 1.807) is 66.7 Å². The summed E-state index contributed by atoms with van der Waals surface area (Å²) < 4.78 is 24.7. The predicted molar refractivity (Wildman–Crippen MR) is 324 cm³/mol. The first-order valence-electron chi connectivity index (χ1n) is 16.4. The van der Waals surface area contributed by atoms with Gasteiger partial charge in [-0.25, -0.2) is 0 Å². The molecule has 0 unspecified atom stereocenters. The summed E-state index contributed by atoms with van der Waals surface area (Å²) in [5.41, 5.74) is 6.13. The number of benzene rings is 4. The third kappa shape index (κ3) is 18.5. The first-order chi connectivity index (χ1) is 24.1. The molecule has 10 nitrogen and oxygen atoms in total. The van der Waals surface area contributed by atoms with Crippen LogP contribution in [0.1, 0.15) is 233 Å². The Hall–Kier alpha value is -5.00. The summed E-state index contributed by atoms with van der Waals surface area (Å²) in [6, 6.07) is 20.5. The van der Waals surface area contributed by atoms with Crippen molar-refractivity contribution in [3.8, 4) is 34.5 Å². The van der Waals surface area contributed by atoms with Gasteiger partial charge in [-0.2, -0.15) is 0 Å². The van der Waals surface area contributed by atoms with E-state index in [1.807, 2.05) is 6.07 Å². The van der Waals surface area contributed by atoms with Crippen LogP contribution in [0.15, 0.2) is 96.1 Å². The molecular formula is C61H124O10. The van der Waals surface area contributed by atoms with Crippen molar-refractivity contribution >= 4 is 0 Å². The normalized spacial score (nSPS) is 17.3. The van der Waals surface area contributed by atoms with Crippen molar-refractivity contribution in [3.05, 3.63) is 129 Å². The molecule has 71 heavy (non-hydrogen) atoms. The molecule has 7 rings (SSSR count). The third-order valence-electron chi connectivity index (χ3n) is 10.6. The molecule has 10 heteroatoms. The number of aliphatic hydroxyl groups is 2.